The van der Waals surface area contributed by atoms with Crippen LogP contribution in [0.3, 0.4) is 0 Å². The zero-order valence-corrected chi connectivity index (χ0v) is 37.4. The largest absolute Gasteiger partial charge is 0.469 e. The summed E-state index contributed by atoms with van der Waals surface area (Å²) in [6, 6.07) is 0. The first-order valence-electron chi connectivity index (χ1n) is 22.9. The van der Waals surface area contributed by atoms with Gasteiger partial charge >= 0.3 is 19.8 Å². The van der Waals surface area contributed by atoms with E-state index in [2.05, 4.69) is 31.4 Å². The number of rotatable bonds is 41. The highest BCUT2D eigenvalue weighted by Crippen LogP contribution is 2.36. The zero-order chi connectivity index (χ0) is 42.1. The van der Waals surface area contributed by atoms with Crippen LogP contribution >= 0.6 is 7.82 Å². The number of carbonyl (C=O) groups is 2. The van der Waals surface area contributed by atoms with E-state index in [0.29, 0.717) is 25.7 Å². The van der Waals surface area contributed by atoms with Gasteiger partial charge in [0.25, 0.3) is 0 Å². The molecule has 332 valence electrons. The van der Waals surface area contributed by atoms with E-state index in [1.807, 2.05) is 36.5 Å². The lowest BCUT2D eigenvalue weighted by Gasteiger charge is -2.18. The van der Waals surface area contributed by atoms with Gasteiger partial charge in [0.15, 0.2) is 6.10 Å². The van der Waals surface area contributed by atoms with E-state index in [4.69, 9.17) is 19.3 Å². The number of carbonyl (C=O) groups excluding carboxylic acids is 2. The molecule has 0 saturated carbocycles. The normalized spacial score (nSPS) is 13.5. The van der Waals surface area contributed by atoms with Crippen LogP contribution in [0, 0.1) is 5.92 Å². The minimum absolute atomic E-state index is 0.158. The van der Waals surface area contributed by atoms with Crippen LogP contribution < -0.4 is 0 Å². The molecule has 0 aromatic carbocycles. The second-order valence-electron chi connectivity index (χ2n) is 16.1. The molecule has 0 rings (SSSR count). The lowest BCUT2D eigenvalue weighted by molar-refractivity contribution is -0.161. The van der Waals surface area contributed by atoms with Gasteiger partial charge in [0.05, 0.1) is 12.7 Å². The van der Waals surface area contributed by atoms with Gasteiger partial charge in [-0.05, 0) is 50.9 Å². The summed E-state index contributed by atoms with van der Waals surface area (Å²) in [4.78, 5) is 42.9. The monoisotopic (exact) mass is 825 g/mol. The number of hydrogen-bond donors (Lipinski definition) is 3. The first-order valence-corrected chi connectivity index (χ1v) is 24.4. The molecule has 0 aliphatic heterocycles. The Morgan fingerprint density at radius 1 is 0.596 bits per heavy atom. The second kappa shape index (κ2) is 40.7. The van der Waals surface area contributed by atoms with Gasteiger partial charge in [-0.2, -0.15) is 0 Å². The molecule has 0 fully saturated rings. The number of aliphatic hydroxyl groups is 1. The topological polar surface area (TPSA) is 140 Å². The molecule has 0 radical (unpaired) electrons. The smallest absolute Gasteiger partial charge is 0.462 e. The molecule has 0 amide bonds. The van der Waals surface area contributed by atoms with Gasteiger partial charge in [0.2, 0.25) is 0 Å². The number of allylic oxidation sites excluding steroid dienone is 6. The fraction of sp³-hybridized carbons (Fsp3) is 0.787. The van der Waals surface area contributed by atoms with Gasteiger partial charge in [0.1, 0.15) is 6.61 Å². The summed E-state index contributed by atoms with van der Waals surface area (Å²) < 4.78 is 26.4. The van der Waals surface area contributed by atoms with Crippen LogP contribution in [0.4, 0.5) is 0 Å². The quantitative estimate of drug-likeness (QED) is 0.0181. The molecule has 0 aliphatic carbocycles. The maximum Gasteiger partial charge on any atom is 0.469 e. The molecule has 0 unspecified atom stereocenters. The average Bonchev–Trinajstić information content (AvgIpc) is 3.16. The van der Waals surface area contributed by atoms with Crippen molar-refractivity contribution in [3.8, 4) is 0 Å². The Morgan fingerprint density at radius 3 is 1.68 bits per heavy atom. The third-order valence-corrected chi connectivity index (χ3v) is 10.3. The fourth-order valence-corrected chi connectivity index (χ4v) is 6.76. The Labute approximate surface area is 348 Å². The molecule has 0 aromatic heterocycles. The van der Waals surface area contributed by atoms with Gasteiger partial charge in [-0.25, -0.2) is 4.57 Å². The van der Waals surface area contributed by atoms with Crippen molar-refractivity contribution in [1.29, 1.82) is 0 Å². The molecule has 57 heavy (non-hydrogen) atoms. The van der Waals surface area contributed by atoms with Crippen LogP contribution in [0.25, 0.3) is 0 Å². The molecule has 0 saturated heterocycles. The predicted molar refractivity (Wildman–Crippen MR) is 236 cm³/mol. The number of hydrogen-bond acceptors (Lipinski definition) is 7. The second-order valence-corrected chi connectivity index (χ2v) is 17.3. The molecule has 10 heteroatoms. The Bertz CT molecular complexity index is 1090. The highest BCUT2D eigenvalue weighted by molar-refractivity contribution is 7.46. The Kier molecular flexibility index (Phi) is 39.3. The molecule has 9 nitrogen and oxygen atoms in total. The minimum Gasteiger partial charge on any atom is -0.462 e. The van der Waals surface area contributed by atoms with E-state index in [1.54, 1.807) is 6.08 Å². The van der Waals surface area contributed by atoms with E-state index in [-0.39, 0.29) is 19.4 Å². The molecular weight excluding hydrogens is 739 g/mol. The first-order chi connectivity index (χ1) is 27.5. The summed E-state index contributed by atoms with van der Waals surface area (Å²) >= 11 is 0. The summed E-state index contributed by atoms with van der Waals surface area (Å²) in [7, 11) is -4.78. The van der Waals surface area contributed by atoms with Crippen molar-refractivity contribution in [1.82, 2.24) is 0 Å². The van der Waals surface area contributed by atoms with E-state index < -0.39 is 38.6 Å². The molecule has 3 N–H and O–H groups in total. The van der Waals surface area contributed by atoms with Crippen molar-refractivity contribution in [3.63, 3.8) is 0 Å². The summed E-state index contributed by atoms with van der Waals surface area (Å²) in [6.45, 7) is 5.91. The van der Waals surface area contributed by atoms with Crippen LogP contribution in [-0.4, -0.2) is 52.3 Å². The number of esters is 2. The number of aliphatic hydroxyl groups excluding tert-OH is 1. The van der Waals surface area contributed by atoms with Crippen molar-refractivity contribution in [2.24, 2.45) is 5.92 Å². The van der Waals surface area contributed by atoms with Crippen molar-refractivity contribution in [3.05, 3.63) is 48.6 Å². The summed E-state index contributed by atoms with van der Waals surface area (Å²) in [5, 5.41) is 10.0. The number of unbranched alkanes of at least 4 members (excludes halogenated alkanes) is 21. The van der Waals surface area contributed by atoms with Crippen LogP contribution in [0.15, 0.2) is 48.6 Å². The van der Waals surface area contributed by atoms with Crippen LogP contribution in [0.2, 0.25) is 0 Å². The van der Waals surface area contributed by atoms with Gasteiger partial charge < -0.3 is 24.4 Å². The maximum absolute atomic E-state index is 12.4. The molecule has 0 aliphatic rings. The van der Waals surface area contributed by atoms with Crippen molar-refractivity contribution in [2.75, 3.05) is 13.2 Å². The molecular formula is C47H85O9P. The van der Waals surface area contributed by atoms with Gasteiger partial charge in [-0.1, -0.05) is 198 Å². The summed E-state index contributed by atoms with van der Waals surface area (Å²) in [5.74, 6) is -0.143. The lowest BCUT2D eigenvalue weighted by Crippen LogP contribution is -2.29. The molecule has 0 aromatic rings. The van der Waals surface area contributed by atoms with E-state index >= 15 is 0 Å². The van der Waals surface area contributed by atoms with Crippen molar-refractivity contribution >= 4 is 19.8 Å². The SMILES string of the molecule is CCCCC/C=C\C=C/[C@@H](O)C/C=C\C/C=C/CCCC(=O)OC[C@H](COP(=O)(O)O)OC(=O)CCCCCCCCCCCCCCCCCCCCC(C)C. The molecule has 0 heterocycles. The Morgan fingerprint density at radius 2 is 1.12 bits per heavy atom. The summed E-state index contributed by atoms with van der Waals surface area (Å²) in [6.07, 6.45) is 45.8. The standard InChI is InChI=1S/C47H85O9P/c1-4-5-6-7-21-27-32-37-44(48)38-33-28-23-20-25-29-34-39-46(49)54-41-45(42-55-57(51,52)53)56-47(50)40-35-30-24-19-17-15-13-11-9-8-10-12-14-16-18-22-26-31-36-43(2)3/h20-21,25,27-28,32-33,37,43-45,48H,4-19,22-24,26,29-31,34-36,38-42H2,1-3H3,(H2,51,52,53)/b25-20+,27-21-,33-28-,37-32-/t44-,45-/m1/s1. The fourth-order valence-electron chi connectivity index (χ4n) is 6.40. The van der Waals surface area contributed by atoms with E-state index in [0.717, 1.165) is 38.0 Å². The third-order valence-electron chi connectivity index (χ3n) is 9.86. The van der Waals surface area contributed by atoms with Gasteiger partial charge in [-0.3, -0.25) is 14.1 Å². The van der Waals surface area contributed by atoms with E-state index in [1.165, 1.54) is 116 Å². The van der Waals surface area contributed by atoms with Crippen LogP contribution in [0.1, 0.15) is 207 Å². The van der Waals surface area contributed by atoms with E-state index in [9.17, 15) is 19.3 Å². The Balaban J connectivity index is 3.98. The average molecular weight is 825 g/mol. The van der Waals surface area contributed by atoms with Crippen LogP contribution in [0.5, 0.6) is 0 Å². The van der Waals surface area contributed by atoms with Crippen LogP contribution in [-0.2, 0) is 28.2 Å². The first kappa shape index (κ1) is 55.0. The highest BCUT2D eigenvalue weighted by atomic mass is 31.2. The number of phosphoric acid groups is 1. The number of phosphoric ester groups is 1. The zero-order valence-electron chi connectivity index (χ0n) is 36.5. The molecule has 2 atom stereocenters. The van der Waals surface area contributed by atoms with Crippen molar-refractivity contribution in [2.45, 2.75) is 219 Å². The summed E-state index contributed by atoms with van der Waals surface area (Å²) in [5.41, 5.74) is 0. The molecule has 0 bridgehead atoms. The molecule has 0 spiro atoms. The maximum atomic E-state index is 12.4. The highest BCUT2D eigenvalue weighted by Gasteiger charge is 2.22. The third kappa shape index (κ3) is 44.9. The minimum atomic E-state index is -4.78. The van der Waals surface area contributed by atoms with Crippen molar-refractivity contribution < 1.29 is 43.0 Å². The number of ether oxygens (including phenoxy) is 2. The van der Waals surface area contributed by atoms with Gasteiger partial charge in [0, 0.05) is 12.8 Å². The Hall–Kier alpha value is -2.03. The lowest BCUT2D eigenvalue weighted by atomic mass is 10.0. The van der Waals surface area contributed by atoms with Gasteiger partial charge in [-0.15, -0.1) is 0 Å². The predicted octanol–water partition coefficient (Wildman–Crippen LogP) is 13.1.